The smallest absolute Gasteiger partial charge is 0.504 e. The van der Waals surface area contributed by atoms with Crippen LogP contribution in [-0.2, 0) is 0 Å². The average Bonchev–Trinajstić information content (AvgIpc) is 2.32. The molecule has 86 valence electrons. The Morgan fingerprint density at radius 2 is 2.18 bits per heavy atom. The fraction of sp³-hybridized carbons (Fsp3) is 0.0909. The van der Waals surface area contributed by atoms with Crippen LogP contribution in [0.4, 0.5) is 0 Å². The van der Waals surface area contributed by atoms with Gasteiger partial charge in [-0.05, 0) is 25.1 Å². The van der Waals surface area contributed by atoms with Crippen molar-refractivity contribution in [2.45, 2.75) is 6.92 Å². The van der Waals surface area contributed by atoms with Gasteiger partial charge in [-0.25, -0.2) is 4.98 Å². The van der Waals surface area contributed by atoms with Crippen LogP contribution in [0.1, 0.15) is 5.69 Å². The van der Waals surface area contributed by atoms with Crippen molar-refractivity contribution in [1.82, 2.24) is 9.97 Å². The van der Waals surface area contributed by atoms with Crippen LogP contribution >= 0.6 is 11.6 Å². The Bertz CT molecular complexity index is 537. The van der Waals surface area contributed by atoms with E-state index in [0.717, 1.165) is 17.0 Å². The zero-order valence-electron chi connectivity index (χ0n) is 9.22. The number of aryl methyl sites for hydroxylation is 1. The predicted octanol–water partition coefficient (Wildman–Crippen LogP) is 1.74. The standard InChI is InChI=1S/C11H10BClN2O2/c1-7-5-14-6-10(15-7)8-2-3-11(17-12-16)9(13)4-8/h2-6,12,16H,1H3. The second-order valence-corrected chi connectivity index (χ2v) is 3.87. The summed E-state index contributed by atoms with van der Waals surface area (Å²) < 4.78 is 4.94. The third kappa shape index (κ3) is 2.75. The van der Waals surface area contributed by atoms with Crippen LogP contribution < -0.4 is 4.65 Å². The van der Waals surface area contributed by atoms with E-state index in [1.807, 2.05) is 13.0 Å². The molecular weight excluding hydrogens is 238 g/mol. The summed E-state index contributed by atoms with van der Waals surface area (Å²) in [5, 5.41) is 9.09. The lowest BCUT2D eigenvalue weighted by molar-refractivity contribution is 0.454. The number of rotatable bonds is 3. The lowest BCUT2D eigenvalue weighted by Crippen LogP contribution is -2.00. The highest BCUT2D eigenvalue weighted by atomic mass is 35.5. The van der Waals surface area contributed by atoms with Crippen molar-refractivity contribution in [3.63, 3.8) is 0 Å². The zero-order chi connectivity index (χ0) is 12.3. The number of nitrogens with zero attached hydrogens (tertiary/aromatic N) is 2. The molecule has 0 aliphatic carbocycles. The molecule has 0 aliphatic heterocycles. The van der Waals surface area contributed by atoms with Crippen LogP contribution in [0.3, 0.4) is 0 Å². The summed E-state index contributed by atoms with van der Waals surface area (Å²) in [5.41, 5.74) is 2.45. The van der Waals surface area contributed by atoms with E-state index in [4.69, 9.17) is 21.3 Å². The highest BCUT2D eigenvalue weighted by molar-refractivity contribution is 6.33. The van der Waals surface area contributed by atoms with Gasteiger partial charge in [-0.1, -0.05) is 11.6 Å². The van der Waals surface area contributed by atoms with Gasteiger partial charge in [0.25, 0.3) is 0 Å². The van der Waals surface area contributed by atoms with Gasteiger partial charge in [0.2, 0.25) is 0 Å². The lowest BCUT2D eigenvalue weighted by Gasteiger charge is -2.07. The van der Waals surface area contributed by atoms with Crippen LogP contribution in [0.2, 0.25) is 5.02 Å². The van der Waals surface area contributed by atoms with E-state index in [1.165, 1.54) is 0 Å². The normalized spacial score (nSPS) is 10.1. The van der Waals surface area contributed by atoms with Crippen molar-refractivity contribution >= 4 is 19.3 Å². The molecule has 0 fully saturated rings. The van der Waals surface area contributed by atoms with E-state index < -0.39 is 7.69 Å². The summed E-state index contributed by atoms with van der Waals surface area (Å²) in [6.07, 6.45) is 3.36. The zero-order valence-corrected chi connectivity index (χ0v) is 9.98. The molecule has 0 spiro atoms. The van der Waals surface area contributed by atoms with E-state index in [9.17, 15) is 0 Å². The minimum atomic E-state index is -0.399. The van der Waals surface area contributed by atoms with E-state index >= 15 is 0 Å². The van der Waals surface area contributed by atoms with Crippen molar-refractivity contribution in [3.05, 3.63) is 41.3 Å². The van der Waals surface area contributed by atoms with Gasteiger partial charge in [-0.3, -0.25) is 4.98 Å². The average molecular weight is 248 g/mol. The molecule has 0 aliphatic rings. The Balaban J connectivity index is 2.37. The van der Waals surface area contributed by atoms with Crippen LogP contribution in [0.15, 0.2) is 30.6 Å². The summed E-state index contributed by atoms with van der Waals surface area (Å²) in [6, 6.07) is 5.24. The molecule has 6 heteroatoms. The van der Waals surface area contributed by atoms with Crippen molar-refractivity contribution in [2.75, 3.05) is 0 Å². The Labute approximate surface area is 105 Å². The number of hydrogen-bond acceptors (Lipinski definition) is 4. The molecule has 0 radical (unpaired) electrons. The Morgan fingerprint density at radius 3 is 2.82 bits per heavy atom. The SMILES string of the molecule is Cc1cncc(-c2ccc(OBO)c(Cl)c2)n1. The first-order valence-electron chi connectivity index (χ1n) is 5.03. The molecule has 0 atom stereocenters. The van der Waals surface area contributed by atoms with E-state index in [2.05, 4.69) is 9.97 Å². The molecule has 4 nitrogen and oxygen atoms in total. The van der Waals surface area contributed by atoms with E-state index in [1.54, 1.807) is 24.5 Å². The first-order chi connectivity index (χ1) is 8.20. The first kappa shape index (κ1) is 11.9. The van der Waals surface area contributed by atoms with Gasteiger partial charge in [-0.15, -0.1) is 0 Å². The van der Waals surface area contributed by atoms with Gasteiger partial charge < -0.3 is 9.68 Å². The summed E-state index contributed by atoms with van der Waals surface area (Å²) in [6.45, 7) is 1.88. The molecular formula is C11H10BClN2O2. The van der Waals surface area contributed by atoms with E-state index in [-0.39, 0.29) is 0 Å². The van der Waals surface area contributed by atoms with Gasteiger partial charge in [0.1, 0.15) is 5.75 Å². The lowest BCUT2D eigenvalue weighted by atomic mass is 10.1. The quantitative estimate of drug-likeness (QED) is 0.841. The molecule has 0 saturated heterocycles. The van der Waals surface area contributed by atoms with Crippen LogP contribution in [0, 0.1) is 6.92 Å². The fourth-order valence-electron chi connectivity index (χ4n) is 1.45. The van der Waals surface area contributed by atoms with Crippen molar-refractivity contribution in [1.29, 1.82) is 0 Å². The molecule has 2 rings (SSSR count). The first-order valence-corrected chi connectivity index (χ1v) is 5.40. The molecule has 0 bridgehead atoms. The summed E-state index contributed by atoms with van der Waals surface area (Å²) in [4.78, 5) is 8.42. The minimum Gasteiger partial charge on any atom is -0.538 e. The van der Waals surface area contributed by atoms with E-state index in [0.29, 0.717) is 10.8 Å². The number of benzene rings is 1. The third-order valence-corrected chi connectivity index (χ3v) is 2.50. The number of halogens is 1. The van der Waals surface area contributed by atoms with Crippen molar-refractivity contribution in [2.24, 2.45) is 0 Å². The maximum absolute atomic E-state index is 8.66. The molecule has 1 aromatic carbocycles. The Kier molecular flexibility index (Phi) is 3.61. The second-order valence-electron chi connectivity index (χ2n) is 3.46. The molecule has 2 aromatic rings. The highest BCUT2D eigenvalue weighted by Gasteiger charge is 2.06. The second kappa shape index (κ2) is 5.16. The minimum absolute atomic E-state index is 0.399. The molecule has 1 N–H and O–H groups in total. The Morgan fingerprint density at radius 1 is 1.35 bits per heavy atom. The summed E-state index contributed by atoms with van der Waals surface area (Å²) in [7, 11) is -0.399. The molecule has 1 heterocycles. The van der Waals surface area contributed by atoms with Crippen molar-refractivity contribution in [3.8, 4) is 17.0 Å². The van der Waals surface area contributed by atoms with Crippen LogP contribution in [0.5, 0.6) is 5.75 Å². The van der Waals surface area contributed by atoms with Gasteiger partial charge >= 0.3 is 7.69 Å². The van der Waals surface area contributed by atoms with Gasteiger partial charge in [0.05, 0.1) is 22.6 Å². The molecule has 1 aromatic heterocycles. The maximum Gasteiger partial charge on any atom is 0.504 e. The maximum atomic E-state index is 8.66. The largest absolute Gasteiger partial charge is 0.538 e. The predicted molar refractivity (Wildman–Crippen MR) is 67.2 cm³/mol. The molecule has 17 heavy (non-hydrogen) atoms. The fourth-order valence-corrected chi connectivity index (χ4v) is 1.68. The highest BCUT2D eigenvalue weighted by Crippen LogP contribution is 2.29. The van der Waals surface area contributed by atoms with Gasteiger partial charge in [-0.2, -0.15) is 0 Å². The molecule has 0 amide bonds. The van der Waals surface area contributed by atoms with Crippen LogP contribution in [-0.4, -0.2) is 22.7 Å². The topological polar surface area (TPSA) is 55.2 Å². The Hall–Kier alpha value is -1.59. The third-order valence-electron chi connectivity index (χ3n) is 2.20. The summed E-state index contributed by atoms with van der Waals surface area (Å²) >= 11 is 6.01. The van der Waals surface area contributed by atoms with Crippen molar-refractivity contribution < 1.29 is 9.68 Å². The van der Waals surface area contributed by atoms with Gasteiger partial charge in [0.15, 0.2) is 0 Å². The van der Waals surface area contributed by atoms with Gasteiger partial charge in [0, 0.05) is 11.8 Å². The monoisotopic (exact) mass is 248 g/mol. The number of hydrogen-bond donors (Lipinski definition) is 1. The molecule has 0 saturated carbocycles. The van der Waals surface area contributed by atoms with Crippen LogP contribution in [0.25, 0.3) is 11.3 Å². The molecule has 0 unspecified atom stereocenters. The summed E-state index contributed by atoms with van der Waals surface area (Å²) in [5.74, 6) is 0.443. The number of aromatic nitrogens is 2.